The van der Waals surface area contributed by atoms with Crippen LogP contribution in [0.4, 0.5) is 0 Å². The predicted molar refractivity (Wildman–Crippen MR) is 115 cm³/mol. The van der Waals surface area contributed by atoms with Crippen LogP contribution >= 0.6 is 11.3 Å². The van der Waals surface area contributed by atoms with E-state index >= 15 is 0 Å². The fourth-order valence-corrected chi connectivity index (χ4v) is 7.33. The van der Waals surface area contributed by atoms with E-state index in [0.29, 0.717) is 0 Å². The van der Waals surface area contributed by atoms with Gasteiger partial charge in [0.05, 0.1) is 5.41 Å². The van der Waals surface area contributed by atoms with E-state index in [-0.39, 0.29) is 5.41 Å². The largest absolute Gasteiger partial charge is 0.481 e. The van der Waals surface area contributed by atoms with Crippen LogP contribution in [-0.4, -0.2) is 11.1 Å². The lowest BCUT2D eigenvalue weighted by Gasteiger charge is -2.27. The second-order valence-corrected chi connectivity index (χ2v) is 10.4. The molecule has 3 aliphatic carbocycles. The van der Waals surface area contributed by atoms with Crippen molar-refractivity contribution >= 4 is 17.3 Å². The Labute approximate surface area is 171 Å². The second-order valence-electron chi connectivity index (χ2n) is 9.48. The molecule has 2 atom stereocenters. The molecule has 146 valence electrons. The molecule has 1 unspecified atom stereocenters. The summed E-state index contributed by atoms with van der Waals surface area (Å²) >= 11 is 1.82. The van der Waals surface area contributed by atoms with Crippen molar-refractivity contribution in [2.24, 2.45) is 10.8 Å². The SMILES string of the molecule is CC1(C)C(C=C2CCCC2)(c2cccc3c2CCc2ccsc2-3)[C@]1(C)C(=O)O. The van der Waals surface area contributed by atoms with Crippen LogP contribution in [0.3, 0.4) is 0 Å². The average Bonchev–Trinajstić information content (AvgIpc) is 3.22. The average molecular weight is 393 g/mol. The first-order chi connectivity index (χ1) is 13.3. The lowest BCUT2D eigenvalue weighted by Crippen LogP contribution is -2.24. The number of aliphatic carboxylic acids is 1. The van der Waals surface area contributed by atoms with E-state index in [1.54, 1.807) is 0 Å². The van der Waals surface area contributed by atoms with Crippen LogP contribution < -0.4 is 0 Å². The van der Waals surface area contributed by atoms with Crippen LogP contribution in [0.15, 0.2) is 41.3 Å². The Kier molecular flexibility index (Phi) is 3.78. The molecule has 3 heteroatoms. The van der Waals surface area contributed by atoms with Gasteiger partial charge in [-0.15, -0.1) is 11.3 Å². The normalized spacial score (nSPS) is 29.9. The van der Waals surface area contributed by atoms with Crippen LogP contribution in [-0.2, 0) is 23.1 Å². The Morgan fingerprint density at radius 3 is 2.50 bits per heavy atom. The lowest BCUT2D eigenvalue weighted by atomic mass is 9.76. The molecule has 0 amide bonds. The summed E-state index contributed by atoms with van der Waals surface area (Å²) < 4.78 is 0. The molecule has 1 aromatic heterocycles. The zero-order valence-corrected chi connectivity index (χ0v) is 17.8. The molecule has 0 radical (unpaired) electrons. The summed E-state index contributed by atoms with van der Waals surface area (Å²) in [6.07, 6.45) is 9.17. The molecule has 1 N–H and O–H groups in total. The Morgan fingerprint density at radius 1 is 1.07 bits per heavy atom. The van der Waals surface area contributed by atoms with E-state index in [2.05, 4.69) is 49.6 Å². The standard InChI is InChI=1S/C25H28O2S/c1-23(2)24(3,22(26)27)25(23,15-16-7-4-5-8-16)20-10-6-9-19-18(20)12-11-17-13-14-28-21(17)19/h6,9-10,13-15H,4-5,7-8,11-12H2,1-3H3,(H,26,27)/t24-,25?/m1/s1. The monoisotopic (exact) mass is 392 g/mol. The van der Waals surface area contributed by atoms with Crippen molar-refractivity contribution in [1.29, 1.82) is 0 Å². The number of benzene rings is 1. The maximum atomic E-state index is 12.6. The summed E-state index contributed by atoms with van der Waals surface area (Å²) in [6.45, 7) is 6.29. The summed E-state index contributed by atoms with van der Waals surface area (Å²) in [5.74, 6) is -0.669. The Morgan fingerprint density at radius 2 is 1.82 bits per heavy atom. The van der Waals surface area contributed by atoms with Gasteiger partial charge in [-0.1, -0.05) is 43.7 Å². The van der Waals surface area contributed by atoms with Crippen molar-refractivity contribution in [2.75, 3.05) is 0 Å². The summed E-state index contributed by atoms with van der Waals surface area (Å²) in [4.78, 5) is 13.9. The highest BCUT2D eigenvalue weighted by Crippen LogP contribution is 2.80. The molecule has 2 aromatic rings. The van der Waals surface area contributed by atoms with Crippen molar-refractivity contribution < 1.29 is 9.90 Å². The molecule has 1 heterocycles. The third-order valence-corrected chi connectivity index (χ3v) is 9.28. The van der Waals surface area contributed by atoms with Gasteiger partial charge in [0, 0.05) is 10.3 Å². The summed E-state index contributed by atoms with van der Waals surface area (Å²) in [5, 5.41) is 12.5. The minimum absolute atomic E-state index is 0.313. The van der Waals surface area contributed by atoms with Crippen LogP contribution in [0, 0.1) is 10.8 Å². The summed E-state index contributed by atoms with van der Waals surface area (Å²) in [6, 6.07) is 8.85. The van der Waals surface area contributed by atoms with Crippen LogP contribution in [0.1, 0.15) is 63.1 Å². The van der Waals surface area contributed by atoms with E-state index in [0.717, 1.165) is 25.7 Å². The molecule has 2 nitrogen and oxygen atoms in total. The minimum Gasteiger partial charge on any atom is -0.481 e. The number of hydrogen-bond acceptors (Lipinski definition) is 2. The van der Waals surface area contributed by atoms with E-state index in [1.807, 2.05) is 18.3 Å². The number of fused-ring (bicyclic) bond motifs is 3. The first-order valence-corrected chi connectivity index (χ1v) is 11.4. The highest BCUT2D eigenvalue weighted by molar-refractivity contribution is 7.13. The number of rotatable bonds is 3. The molecule has 28 heavy (non-hydrogen) atoms. The molecule has 2 saturated carbocycles. The van der Waals surface area contributed by atoms with Gasteiger partial charge in [0.1, 0.15) is 0 Å². The van der Waals surface area contributed by atoms with Crippen molar-refractivity contribution in [3.63, 3.8) is 0 Å². The topological polar surface area (TPSA) is 37.3 Å². The van der Waals surface area contributed by atoms with Crippen molar-refractivity contribution in [3.05, 3.63) is 58.0 Å². The molecule has 0 aliphatic heterocycles. The van der Waals surface area contributed by atoms with Crippen molar-refractivity contribution in [1.82, 2.24) is 0 Å². The third kappa shape index (κ3) is 2.01. The molecule has 1 aromatic carbocycles. The van der Waals surface area contributed by atoms with Gasteiger partial charge in [-0.25, -0.2) is 0 Å². The van der Waals surface area contributed by atoms with Crippen molar-refractivity contribution in [3.8, 4) is 10.4 Å². The lowest BCUT2D eigenvalue weighted by molar-refractivity contribution is -0.144. The van der Waals surface area contributed by atoms with E-state index in [1.165, 1.54) is 45.5 Å². The fourth-order valence-electron chi connectivity index (χ4n) is 6.32. The van der Waals surface area contributed by atoms with Gasteiger partial charge in [-0.2, -0.15) is 0 Å². The smallest absolute Gasteiger partial charge is 0.311 e. The number of carboxylic acids is 1. The third-order valence-electron chi connectivity index (χ3n) is 8.29. The number of carboxylic acid groups (broad SMARTS) is 1. The van der Waals surface area contributed by atoms with Crippen molar-refractivity contribution in [2.45, 2.75) is 64.7 Å². The zero-order valence-electron chi connectivity index (χ0n) is 17.0. The quantitative estimate of drug-likeness (QED) is 0.615. The number of thiophene rings is 1. The Balaban J connectivity index is 1.77. The number of allylic oxidation sites excluding steroid dienone is 2. The molecule has 0 saturated heterocycles. The van der Waals surface area contributed by atoms with Gasteiger partial charge < -0.3 is 5.11 Å². The van der Waals surface area contributed by atoms with E-state index in [4.69, 9.17) is 0 Å². The molecule has 2 fully saturated rings. The van der Waals surface area contributed by atoms with Gasteiger partial charge in [-0.05, 0) is 84.6 Å². The van der Waals surface area contributed by atoms with Crippen LogP contribution in [0.2, 0.25) is 0 Å². The van der Waals surface area contributed by atoms with Gasteiger partial charge in [0.15, 0.2) is 0 Å². The predicted octanol–water partition coefficient (Wildman–Crippen LogP) is 6.38. The minimum atomic E-state index is -0.777. The fraction of sp³-hybridized carbons (Fsp3) is 0.480. The number of hydrogen-bond donors (Lipinski definition) is 1. The second kappa shape index (κ2) is 5.82. The van der Waals surface area contributed by atoms with Crippen LogP contribution in [0.25, 0.3) is 10.4 Å². The maximum Gasteiger partial charge on any atom is 0.311 e. The van der Waals surface area contributed by atoms with Gasteiger partial charge in [-0.3, -0.25) is 4.79 Å². The molecule has 3 aliphatic rings. The van der Waals surface area contributed by atoms with E-state index in [9.17, 15) is 9.90 Å². The number of aryl methyl sites for hydroxylation is 1. The molecule has 5 rings (SSSR count). The molecule has 0 bridgehead atoms. The van der Waals surface area contributed by atoms with E-state index < -0.39 is 16.8 Å². The summed E-state index contributed by atoms with van der Waals surface area (Å²) in [5.41, 5.74) is 5.35. The van der Waals surface area contributed by atoms with Gasteiger partial charge in [0.2, 0.25) is 0 Å². The maximum absolute atomic E-state index is 12.6. The Bertz CT molecular complexity index is 1000. The summed E-state index contributed by atoms with van der Waals surface area (Å²) in [7, 11) is 0. The molecular weight excluding hydrogens is 364 g/mol. The highest BCUT2D eigenvalue weighted by atomic mass is 32.1. The van der Waals surface area contributed by atoms with Gasteiger partial charge in [0.25, 0.3) is 0 Å². The highest BCUT2D eigenvalue weighted by Gasteiger charge is 2.83. The van der Waals surface area contributed by atoms with Gasteiger partial charge >= 0.3 is 5.97 Å². The molecule has 0 spiro atoms. The zero-order chi connectivity index (χ0) is 19.7. The first kappa shape index (κ1) is 18.2. The van der Waals surface area contributed by atoms with Crippen LogP contribution in [0.5, 0.6) is 0 Å². The first-order valence-electron chi connectivity index (χ1n) is 10.5. The Hall–Kier alpha value is -1.87. The number of carbonyl (C=O) groups is 1. The molecular formula is C25H28O2S.